The molecular weight excluding hydrogens is 1300 g/mol. The molecule has 0 radical (unpaired) electrons. The van der Waals surface area contributed by atoms with Crippen LogP contribution < -0.4 is 5.32 Å². The van der Waals surface area contributed by atoms with Crippen molar-refractivity contribution in [3.63, 3.8) is 0 Å². The highest BCUT2D eigenvalue weighted by Gasteiger charge is 2.54. The van der Waals surface area contributed by atoms with E-state index in [1.807, 2.05) is 6.08 Å². The number of rotatable bonds is 67. The zero-order valence-electron chi connectivity index (χ0n) is 64.1. The van der Waals surface area contributed by atoms with Gasteiger partial charge in [0.1, 0.15) is 73.2 Å². The first-order valence-corrected chi connectivity index (χ1v) is 41.9. The summed E-state index contributed by atoms with van der Waals surface area (Å²) >= 11 is 0. The highest BCUT2D eigenvalue weighted by molar-refractivity contribution is 5.76. The van der Waals surface area contributed by atoms with E-state index in [4.69, 9.17) is 28.4 Å². The van der Waals surface area contributed by atoms with Crippen LogP contribution in [-0.2, 0) is 33.2 Å². The quantitative estimate of drug-likeness (QED) is 0.0199. The molecular formula is C83H153NO18. The Morgan fingerprint density at radius 3 is 1.04 bits per heavy atom. The molecule has 12 N–H and O–H groups in total. The number of amides is 1. The number of hydrogen-bond acceptors (Lipinski definition) is 18. The number of carbonyl (C=O) groups excluding carboxylic acids is 1. The highest BCUT2D eigenvalue weighted by atomic mass is 16.8. The lowest BCUT2D eigenvalue weighted by atomic mass is 9.96. The van der Waals surface area contributed by atoms with Crippen LogP contribution in [0, 0.1) is 0 Å². The van der Waals surface area contributed by atoms with Crippen molar-refractivity contribution in [2.45, 2.75) is 446 Å². The molecule has 1 amide bonds. The van der Waals surface area contributed by atoms with Gasteiger partial charge in [-0.1, -0.05) is 319 Å². The van der Waals surface area contributed by atoms with Crippen LogP contribution in [0.3, 0.4) is 0 Å². The van der Waals surface area contributed by atoms with Crippen LogP contribution >= 0.6 is 0 Å². The molecule has 0 spiro atoms. The van der Waals surface area contributed by atoms with E-state index in [1.54, 1.807) is 6.08 Å². The third-order valence-electron chi connectivity index (χ3n) is 20.8. The monoisotopic (exact) mass is 1450 g/mol. The van der Waals surface area contributed by atoms with Gasteiger partial charge in [-0.3, -0.25) is 4.79 Å². The maximum atomic E-state index is 13.5. The van der Waals surface area contributed by atoms with Crippen molar-refractivity contribution in [3.8, 4) is 0 Å². The van der Waals surface area contributed by atoms with Gasteiger partial charge in [-0.15, -0.1) is 0 Å². The number of aliphatic hydroxyl groups is 11. The summed E-state index contributed by atoms with van der Waals surface area (Å²) in [5.74, 6) is -0.280. The maximum Gasteiger partial charge on any atom is 0.220 e. The zero-order valence-corrected chi connectivity index (χ0v) is 64.1. The molecule has 3 saturated heterocycles. The summed E-state index contributed by atoms with van der Waals surface area (Å²) in [7, 11) is 0. The molecule has 3 aliphatic rings. The minimum absolute atomic E-state index is 0.239. The molecule has 19 nitrogen and oxygen atoms in total. The first-order chi connectivity index (χ1) is 49.8. The fourth-order valence-electron chi connectivity index (χ4n) is 14.1. The summed E-state index contributed by atoms with van der Waals surface area (Å²) in [6, 6.07) is -0.989. The number of carbonyl (C=O) groups is 1. The minimum atomic E-state index is -1.98. The van der Waals surface area contributed by atoms with Gasteiger partial charge in [-0.05, 0) is 64.2 Å². The summed E-state index contributed by atoms with van der Waals surface area (Å²) in [5.41, 5.74) is 0. The summed E-state index contributed by atoms with van der Waals surface area (Å²) in [6.07, 6.45) is 54.3. The summed E-state index contributed by atoms with van der Waals surface area (Å²) in [4.78, 5) is 13.5. The van der Waals surface area contributed by atoms with Crippen LogP contribution in [-0.4, -0.2) is 193 Å². The second-order valence-corrected chi connectivity index (χ2v) is 29.9. The predicted molar refractivity (Wildman–Crippen MR) is 406 cm³/mol. The van der Waals surface area contributed by atoms with Gasteiger partial charge in [0, 0.05) is 6.42 Å². The Hall–Kier alpha value is -2.25. The van der Waals surface area contributed by atoms with Crippen LogP contribution in [0.1, 0.15) is 341 Å². The van der Waals surface area contributed by atoms with Gasteiger partial charge in [0.15, 0.2) is 18.9 Å². The van der Waals surface area contributed by atoms with Crippen LogP contribution in [0.5, 0.6) is 0 Å². The molecule has 3 aliphatic heterocycles. The van der Waals surface area contributed by atoms with Crippen molar-refractivity contribution in [1.82, 2.24) is 5.32 Å². The SMILES string of the molecule is CCCCCCC/C=C\C/C=C\CCCCCCCCCCCCCCCCCCCCCCCCCCCCCCCC(=O)NC(COC1OC(CO)C(OC2OC(CO)C(OC3OC(CO)C(O)C(O)C3O)C(O)C2O)C(O)C1O)C(O)/C=C/CC/C=C/CCCCCCCCCCCC. The van der Waals surface area contributed by atoms with E-state index >= 15 is 0 Å². The number of ether oxygens (including phenoxy) is 6. The van der Waals surface area contributed by atoms with E-state index in [1.165, 1.54) is 263 Å². The smallest absolute Gasteiger partial charge is 0.220 e. The van der Waals surface area contributed by atoms with Crippen molar-refractivity contribution in [1.29, 1.82) is 0 Å². The molecule has 3 heterocycles. The zero-order chi connectivity index (χ0) is 73.9. The number of hydrogen-bond donors (Lipinski definition) is 12. The average molecular weight is 1450 g/mol. The molecule has 3 rings (SSSR count). The maximum absolute atomic E-state index is 13.5. The van der Waals surface area contributed by atoms with E-state index in [0.29, 0.717) is 12.8 Å². The van der Waals surface area contributed by atoms with Gasteiger partial charge in [-0.2, -0.15) is 0 Å². The number of unbranched alkanes of at least 4 members (excludes halogenated alkanes) is 45. The van der Waals surface area contributed by atoms with Gasteiger partial charge < -0.3 is 89.9 Å². The molecule has 0 aromatic rings. The van der Waals surface area contributed by atoms with Gasteiger partial charge in [-0.25, -0.2) is 0 Å². The molecule has 102 heavy (non-hydrogen) atoms. The number of aliphatic hydroxyl groups excluding tert-OH is 11. The largest absolute Gasteiger partial charge is 0.394 e. The van der Waals surface area contributed by atoms with E-state index in [0.717, 1.165) is 44.9 Å². The second-order valence-electron chi connectivity index (χ2n) is 29.9. The first-order valence-electron chi connectivity index (χ1n) is 41.9. The molecule has 0 aromatic carbocycles. The van der Waals surface area contributed by atoms with Crippen molar-refractivity contribution in [3.05, 3.63) is 48.6 Å². The Balaban J connectivity index is 1.28. The molecule has 19 heteroatoms. The van der Waals surface area contributed by atoms with Gasteiger partial charge >= 0.3 is 0 Å². The van der Waals surface area contributed by atoms with E-state index < -0.39 is 124 Å². The van der Waals surface area contributed by atoms with Crippen molar-refractivity contribution in [2.24, 2.45) is 0 Å². The summed E-state index contributed by atoms with van der Waals surface area (Å²) in [6.45, 7) is 1.73. The Morgan fingerprint density at radius 2 is 0.657 bits per heavy atom. The second kappa shape index (κ2) is 63.7. The predicted octanol–water partition coefficient (Wildman–Crippen LogP) is 14.5. The fourth-order valence-corrected chi connectivity index (χ4v) is 14.1. The van der Waals surface area contributed by atoms with E-state index in [-0.39, 0.29) is 18.9 Å². The first kappa shape index (κ1) is 94.0. The fraction of sp³-hybridized carbons (Fsp3) is 0.892. The Bertz CT molecular complexity index is 2030. The molecule has 0 aromatic heterocycles. The van der Waals surface area contributed by atoms with Crippen molar-refractivity contribution >= 4 is 5.91 Å². The van der Waals surface area contributed by atoms with Crippen LogP contribution in [0.15, 0.2) is 48.6 Å². The third kappa shape index (κ3) is 43.1. The lowest BCUT2D eigenvalue weighted by Crippen LogP contribution is -2.66. The van der Waals surface area contributed by atoms with Gasteiger partial charge in [0.05, 0.1) is 38.6 Å². The normalized spacial score (nSPS) is 26.4. The molecule has 17 unspecified atom stereocenters. The van der Waals surface area contributed by atoms with E-state index in [2.05, 4.69) is 55.6 Å². The van der Waals surface area contributed by atoms with Crippen LogP contribution in [0.25, 0.3) is 0 Å². The van der Waals surface area contributed by atoms with Crippen LogP contribution in [0.2, 0.25) is 0 Å². The van der Waals surface area contributed by atoms with Crippen molar-refractivity contribution in [2.75, 3.05) is 26.4 Å². The van der Waals surface area contributed by atoms with Gasteiger partial charge in [0.2, 0.25) is 5.91 Å². The molecule has 17 atom stereocenters. The molecule has 0 aliphatic carbocycles. The van der Waals surface area contributed by atoms with Crippen molar-refractivity contribution < 1.29 is 89.4 Å². The molecule has 3 fully saturated rings. The van der Waals surface area contributed by atoms with Crippen LogP contribution in [0.4, 0.5) is 0 Å². The van der Waals surface area contributed by atoms with E-state index in [9.17, 15) is 61.0 Å². The molecule has 0 saturated carbocycles. The molecule has 0 bridgehead atoms. The van der Waals surface area contributed by atoms with Gasteiger partial charge in [0.25, 0.3) is 0 Å². The summed E-state index contributed by atoms with van der Waals surface area (Å²) in [5, 5.41) is 121. The topological polar surface area (TPSA) is 307 Å². The third-order valence-corrected chi connectivity index (χ3v) is 20.8. The standard InChI is InChI=1S/C83H153NO18/c1-3-5-7-9-11-13-15-17-19-21-22-23-24-25-26-27-28-29-30-31-32-33-34-35-36-37-38-39-40-41-42-43-44-45-47-49-51-53-55-57-59-61-71(89)84-66(67(88)60-58-56-54-52-50-48-46-20-18-16-14-12-10-8-6-4-2)65-97-81-77(95)74(92)79(69(63-86)99-81)102-83-78(96)75(93)80(70(64-87)100-83)101-82-76(94)73(91)72(90)68(62-85)98-82/h15,17,21-22,50,52,58,60,66-70,72-83,85-88,90-96H,3-14,16,18-20,23-49,51,53-57,59,61-65H2,1-2H3,(H,84,89)/b17-15-,22-21-,52-50+,60-58+. The summed E-state index contributed by atoms with van der Waals surface area (Å²) < 4.78 is 34.4. The number of allylic oxidation sites excluding steroid dienone is 7. The Kier molecular flexibility index (Phi) is 58.6. The number of nitrogens with one attached hydrogen (secondary N) is 1. The highest BCUT2D eigenvalue weighted by Crippen LogP contribution is 2.33. The average Bonchev–Trinajstić information content (AvgIpc) is 0.755. The Labute approximate surface area is 618 Å². The lowest BCUT2D eigenvalue weighted by Gasteiger charge is -2.48. The molecule has 598 valence electrons. The minimum Gasteiger partial charge on any atom is -0.394 e. The lowest BCUT2D eigenvalue weighted by molar-refractivity contribution is -0.379. The Morgan fingerprint density at radius 1 is 0.353 bits per heavy atom.